The molecular weight excluding hydrogens is 366 g/mol. The third-order valence-electron chi connectivity index (χ3n) is 4.94. The van der Waals surface area contributed by atoms with Crippen LogP contribution >= 0.6 is 0 Å². The Bertz CT molecular complexity index is 1050. The molecule has 1 aliphatic heterocycles. The molecule has 0 spiro atoms. The Morgan fingerprint density at radius 2 is 1.86 bits per heavy atom. The van der Waals surface area contributed by atoms with Crippen LogP contribution in [0.5, 0.6) is 5.75 Å². The van der Waals surface area contributed by atoms with Gasteiger partial charge in [0.1, 0.15) is 11.4 Å². The highest BCUT2D eigenvalue weighted by Gasteiger charge is 2.24. The molecule has 0 bridgehead atoms. The number of benzene rings is 2. The number of rotatable bonds is 4. The van der Waals surface area contributed by atoms with Crippen molar-refractivity contribution in [2.75, 3.05) is 23.9 Å². The number of hydrogen-bond donors (Lipinski definition) is 1. The molecule has 29 heavy (non-hydrogen) atoms. The van der Waals surface area contributed by atoms with Crippen molar-refractivity contribution in [1.29, 1.82) is 0 Å². The Kier molecular flexibility index (Phi) is 5.24. The van der Waals surface area contributed by atoms with Crippen LogP contribution in [0.2, 0.25) is 0 Å². The first kappa shape index (κ1) is 18.7. The number of aryl methyl sites for hydroxylation is 1. The summed E-state index contributed by atoms with van der Waals surface area (Å²) in [5.41, 5.74) is 3.35. The lowest BCUT2D eigenvalue weighted by atomic mass is 10.0. The zero-order valence-electron chi connectivity index (χ0n) is 16.1. The average Bonchev–Trinajstić information content (AvgIpc) is 2.79. The molecule has 0 fully saturated rings. The topological polar surface area (TPSA) is 71.5 Å². The van der Waals surface area contributed by atoms with Crippen LogP contribution in [0.1, 0.15) is 32.8 Å². The number of amides is 2. The summed E-state index contributed by atoms with van der Waals surface area (Å²) in [7, 11) is 1.59. The molecule has 2 amide bonds. The summed E-state index contributed by atoms with van der Waals surface area (Å²) in [6, 6.07) is 18.1. The zero-order valence-corrected chi connectivity index (χ0v) is 16.1. The third-order valence-corrected chi connectivity index (χ3v) is 4.94. The largest absolute Gasteiger partial charge is 0.497 e. The summed E-state index contributed by atoms with van der Waals surface area (Å²) < 4.78 is 5.12. The maximum atomic E-state index is 13.1. The van der Waals surface area contributed by atoms with Crippen molar-refractivity contribution in [2.45, 2.75) is 12.8 Å². The summed E-state index contributed by atoms with van der Waals surface area (Å²) in [6.45, 7) is 0.639. The second kappa shape index (κ2) is 8.14. The van der Waals surface area contributed by atoms with E-state index in [0.717, 1.165) is 24.1 Å². The Labute approximate surface area is 169 Å². The van der Waals surface area contributed by atoms with Gasteiger partial charge >= 0.3 is 0 Å². The smallest absolute Gasteiger partial charge is 0.276 e. The van der Waals surface area contributed by atoms with Crippen molar-refractivity contribution in [2.24, 2.45) is 0 Å². The molecule has 0 unspecified atom stereocenters. The minimum atomic E-state index is -0.300. The van der Waals surface area contributed by atoms with Gasteiger partial charge in [0.2, 0.25) is 0 Å². The molecule has 1 aromatic heterocycles. The summed E-state index contributed by atoms with van der Waals surface area (Å²) in [6.07, 6.45) is 3.35. The molecule has 6 nitrogen and oxygen atoms in total. The lowest BCUT2D eigenvalue weighted by Gasteiger charge is -2.29. The van der Waals surface area contributed by atoms with Gasteiger partial charge in [-0.25, -0.2) is 0 Å². The first-order chi connectivity index (χ1) is 14.2. The number of ether oxygens (including phenoxy) is 1. The Hall–Kier alpha value is -3.67. The van der Waals surface area contributed by atoms with E-state index in [1.165, 1.54) is 6.20 Å². The number of para-hydroxylation sites is 1. The highest BCUT2D eigenvalue weighted by Crippen LogP contribution is 2.28. The van der Waals surface area contributed by atoms with Gasteiger partial charge in [0, 0.05) is 29.7 Å². The van der Waals surface area contributed by atoms with Gasteiger partial charge in [-0.1, -0.05) is 18.2 Å². The van der Waals surface area contributed by atoms with Crippen LogP contribution in [0.25, 0.3) is 0 Å². The zero-order chi connectivity index (χ0) is 20.2. The monoisotopic (exact) mass is 387 g/mol. The molecule has 2 aromatic carbocycles. The normalized spacial score (nSPS) is 12.8. The van der Waals surface area contributed by atoms with Crippen LogP contribution < -0.4 is 15.0 Å². The lowest BCUT2D eigenvalue weighted by molar-refractivity contribution is 0.0980. The molecule has 0 radical (unpaired) electrons. The number of carbonyl (C=O) groups excluding carboxylic acids is 2. The van der Waals surface area contributed by atoms with Crippen molar-refractivity contribution in [3.63, 3.8) is 0 Å². The van der Waals surface area contributed by atoms with Gasteiger partial charge in [-0.15, -0.1) is 0 Å². The predicted molar refractivity (Wildman–Crippen MR) is 112 cm³/mol. The Morgan fingerprint density at radius 1 is 1.07 bits per heavy atom. The molecule has 1 aliphatic rings. The van der Waals surface area contributed by atoms with E-state index < -0.39 is 0 Å². The van der Waals surface area contributed by atoms with Gasteiger partial charge in [-0.3, -0.25) is 14.6 Å². The molecule has 3 aromatic rings. The van der Waals surface area contributed by atoms with E-state index in [4.69, 9.17) is 4.74 Å². The molecule has 0 saturated carbocycles. The highest BCUT2D eigenvalue weighted by atomic mass is 16.5. The number of anilines is 2. The van der Waals surface area contributed by atoms with E-state index in [2.05, 4.69) is 10.3 Å². The van der Waals surface area contributed by atoms with Crippen molar-refractivity contribution in [1.82, 2.24) is 4.98 Å². The standard InChI is InChI=1S/C23H21N3O3/c1-29-19-10-8-18(9-11-19)25-22(27)17-12-13-24-20(15-17)23(28)26-14-4-6-16-5-2-3-7-21(16)26/h2-3,5,7-13,15H,4,6,14H2,1H3,(H,25,27). The molecule has 1 N–H and O–H groups in total. The molecule has 4 rings (SSSR count). The van der Waals surface area contributed by atoms with Crippen LogP contribution in [0, 0.1) is 0 Å². The van der Waals surface area contributed by atoms with Crippen LogP contribution in [-0.2, 0) is 6.42 Å². The Balaban J connectivity index is 1.54. The summed E-state index contributed by atoms with van der Waals surface area (Å²) in [5.74, 6) is 0.212. The van der Waals surface area contributed by atoms with E-state index in [1.807, 2.05) is 24.3 Å². The second-order valence-electron chi connectivity index (χ2n) is 6.80. The molecule has 146 valence electrons. The van der Waals surface area contributed by atoms with E-state index in [9.17, 15) is 9.59 Å². The first-order valence-corrected chi connectivity index (χ1v) is 9.47. The number of nitrogens with zero attached hydrogens (tertiary/aromatic N) is 2. The second-order valence-corrected chi connectivity index (χ2v) is 6.80. The number of pyridine rings is 1. The van der Waals surface area contributed by atoms with Crippen molar-refractivity contribution in [3.05, 3.63) is 83.7 Å². The molecule has 0 saturated heterocycles. The average molecular weight is 387 g/mol. The van der Waals surface area contributed by atoms with Gasteiger partial charge < -0.3 is 15.0 Å². The van der Waals surface area contributed by atoms with Crippen molar-refractivity contribution >= 4 is 23.2 Å². The fourth-order valence-corrected chi connectivity index (χ4v) is 3.45. The fourth-order valence-electron chi connectivity index (χ4n) is 3.45. The van der Waals surface area contributed by atoms with Gasteiger partial charge in [0.15, 0.2) is 0 Å². The van der Waals surface area contributed by atoms with Gasteiger partial charge in [-0.2, -0.15) is 0 Å². The SMILES string of the molecule is COc1ccc(NC(=O)c2ccnc(C(=O)N3CCCc4ccccc43)c2)cc1. The summed E-state index contributed by atoms with van der Waals surface area (Å²) in [4.78, 5) is 31.7. The fraction of sp³-hybridized carbons (Fsp3) is 0.174. The summed E-state index contributed by atoms with van der Waals surface area (Å²) >= 11 is 0. The quantitative estimate of drug-likeness (QED) is 0.736. The number of methoxy groups -OCH3 is 1. The molecule has 0 atom stereocenters. The number of carbonyl (C=O) groups is 2. The van der Waals surface area contributed by atoms with Crippen LogP contribution in [-0.4, -0.2) is 30.5 Å². The lowest BCUT2D eigenvalue weighted by Crippen LogP contribution is -2.36. The third kappa shape index (κ3) is 3.96. The maximum Gasteiger partial charge on any atom is 0.276 e. The number of aromatic nitrogens is 1. The van der Waals surface area contributed by atoms with E-state index >= 15 is 0 Å². The van der Waals surface area contributed by atoms with Crippen LogP contribution in [0.4, 0.5) is 11.4 Å². The van der Waals surface area contributed by atoms with Crippen LogP contribution in [0.3, 0.4) is 0 Å². The maximum absolute atomic E-state index is 13.1. The van der Waals surface area contributed by atoms with E-state index in [1.54, 1.807) is 48.4 Å². The van der Waals surface area contributed by atoms with Crippen molar-refractivity contribution in [3.8, 4) is 5.75 Å². The van der Waals surface area contributed by atoms with E-state index in [-0.39, 0.29) is 17.5 Å². The Morgan fingerprint density at radius 3 is 2.66 bits per heavy atom. The predicted octanol–water partition coefficient (Wildman–Crippen LogP) is 3.94. The number of nitrogens with one attached hydrogen (secondary N) is 1. The first-order valence-electron chi connectivity index (χ1n) is 9.47. The minimum absolute atomic E-state index is 0.198. The van der Waals surface area contributed by atoms with Gasteiger partial charge in [0.05, 0.1) is 7.11 Å². The number of fused-ring (bicyclic) bond motifs is 1. The van der Waals surface area contributed by atoms with Gasteiger partial charge in [-0.05, 0) is 60.9 Å². The van der Waals surface area contributed by atoms with Crippen molar-refractivity contribution < 1.29 is 14.3 Å². The van der Waals surface area contributed by atoms with Crippen LogP contribution in [0.15, 0.2) is 66.9 Å². The molecule has 0 aliphatic carbocycles. The molecule has 2 heterocycles. The van der Waals surface area contributed by atoms with E-state index in [0.29, 0.717) is 23.5 Å². The molecular formula is C23H21N3O3. The number of hydrogen-bond acceptors (Lipinski definition) is 4. The molecule has 6 heteroatoms. The minimum Gasteiger partial charge on any atom is -0.497 e. The highest BCUT2D eigenvalue weighted by molar-refractivity contribution is 6.09. The van der Waals surface area contributed by atoms with Gasteiger partial charge in [0.25, 0.3) is 11.8 Å². The summed E-state index contributed by atoms with van der Waals surface area (Å²) in [5, 5.41) is 2.82.